The summed E-state index contributed by atoms with van der Waals surface area (Å²) in [7, 11) is 0. The summed E-state index contributed by atoms with van der Waals surface area (Å²) in [5.41, 5.74) is 3.86. The molecule has 2 amide bonds. The second-order valence-corrected chi connectivity index (χ2v) is 8.24. The fourth-order valence-electron chi connectivity index (χ4n) is 4.38. The highest BCUT2D eigenvalue weighted by atomic mass is 16.3. The zero-order valence-corrected chi connectivity index (χ0v) is 15.2. The van der Waals surface area contributed by atoms with Crippen molar-refractivity contribution in [3.8, 4) is 0 Å². The summed E-state index contributed by atoms with van der Waals surface area (Å²) in [5.74, 6) is 1.94. The highest BCUT2D eigenvalue weighted by Gasteiger charge is 2.36. The lowest BCUT2D eigenvalue weighted by Crippen LogP contribution is -2.42. The molecule has 2 aliphatic rings. The second kappa shape index (κ2) is 5.94. The number of carbonyl (C=O) groups excluding carboxylic acids is 1. The van der Waals surface area contributed by atoms with Gasteiger partial charge in [0.25, 0.3) is 0 Å². The maximum atomic E-state index is 12.7. The van der Waals surface area contributed by atoms with Gasteiger partial charge in [-0.25, -0.2) is 4.79 Å². The van der Waals surface area contributed by atoms with Crippen LogP contribution >= 0.6 is 0 Å². The molecule has 2 aromatic rings. The number of furan rings is 1. The van der Waals surface area contributed by atoms with E-state index in [1.54, 1.807) is 0 Å². The number of hydrogen-bond acceptors (Lipinski definition) is 2. The van der Waals surface area contributed by atoms with Gasteiger partial charge in [0.05, 0.1) is 12.1 Å². The van der Waals surface area contributed by atoms with E-state index in [9.17, 15) is 4.79 Å². The van der Waals surface area contributed by atoms with Crippen molar-refractivity contribution in [1.82, 2.24) is 10.6 Å². The van der Waals surface area contributed by atoms with E-state index in [2.05, 4.69) is 48.7 Å². The van der Waals surface area contributed by atoms with Crippen LogP contribution in [0.4, 0.5) is 4.79 Å². The lowest BCUT2D eigenvalue weighted by atomic mass is 9.75. The molecule has 4 heteroatoms. The van der Waals surface area contributed by atoms with Crippen LogP contribution < -0.4 is 10.6 Å². The van der Waals surface area contributed by atoms with Crippen LogP contribution in [0.2, 0.25) is 0 Å². The standard InChI is InChI=1S/C21H26N2O2/c1-13-10-16-18(11-21(2,3)12-19(16)25-13)23-20(24)22-17-9-8-14-6-4-5-7-15(14)17/h4-7,10,17-18H,8-9,11-12H2,1-3H3,(H2,22,23,24)/t17-,18-/m1/s1. The van der Waals surface area contributed by atoms with Gasteiger partial charge in [-0.1, -0.05) is 38.1 Å². The van der Waals surface area contributed by atoms with E-state index in [4.69, 9.17) is 4.42 Å². The first-order chi connectivity index (χ1) is 11.9. The highest BCUT2D eigenvalue weighted by Crippen LogP contribution is 2.42. The van der Waals surface area contributed by atoms with Crippen LogP contribution in [0, 0.1) is 12.3 Å². The van der Waals surface area contributed by atoms with Crippen molar-refractivity contribution >= 4 is 6.03 Å². The molecule has 0 saturated heterocycles. The average molecular weight is 338 g/mol. The number of urea groups is 1. The third kappa shape index (κ3) is 3.17. The maximum absolute atomic E-state index is 12.7. The Hall–Kier alpha value is -2.23. The number of carbonyl (C=O) groups is 1. The maximum Gasteiger partial charge on any atom is 0.315 e. The van der Waals surface area contributed by atoms with Crippen molar-refractivity contribution in [2.24, 2.45) is 5.41 Å². The predicted octanol–water partition coefficient (Wildman–Crippen LogP) is 4.59. The third-order valence-corrected chi connectivity index (χ3v) is 5.48. The van der Waals surface area contributed by atoms with E-state index < -0.39 is 0 Å². The number of aryl methyl sites for hydroxylation is 2. The lowest BCUT2D eigenvalue weighted by molar-refractivity contribution is 0.212. The highest BCUT2D eigenvalue weighted by molar-refractivity contribution is 5.75. The first kappa shape index (κ1) is 16.2. The molecule has 0 bridgehead atoms. The van der Waals surface area contributed by atoms with Gasteiger partial charge in [-0.05, 0) is 48.8 Å². The molecule has 4 rings (SSSR count). The molecule has 132 valence electrons. The van der Waals surface area contributed by atoms with Crippen molar-refractivity contribution < 1.29 is 9.21 Å². The molecule has 0 unspecified atom stereocenters. The molecule has 2 aliphatic carbocycles. The normalized spacial score (nSPS) is 23.6. The Balaban J connectivity index is 1.48. The monoisotopic (exact) mass is 338 g/mol. The number of hydrogen-bond donors (Lipinski definition) is 2. The van der Waals surface area contributed by atoms with Crippen LogP contribution in [-0.4, -0.2) is 6.03 Å². The van der Waals surface area contributed by atoms with Crippen LogP contribution in [0.5, 0.6) is 0 Å². The Kier molecular flexibility index (Phi) is 3.86. The fourth-order valence-corrected chi connectivity index (χ4v) is 4.38. The summed E-state index contributed by atoms with van der Waals surface area (Å²) < 4.78 is 5.86. The van der Waals surface area contributed by atoms with Crippen LogP contribution in [0.15, 0.2) is 34.7 Å². The molecule has 0 radical (unpaired) electrons. The third-order valence-electron chi connectivity index (χ3n) is 5.48. The molecule has 0 saturated carbocycles. The molecular formula is C21H26N2O2. The first-order valence-corrected chi connectivity index (χ1v) is 9.15. The van der Waals surface area contributed by atoms with E-state index in [1.165, 1.54) is 11.1 Å². The zero-order chi connectivity index (χ0) is 17.6. The lowest BCUT2D eigenvalue weighted by Gasteiger charge is -2.34. The van der Waals surface area contributed by atoms with Crippen LogP contribution in [0.25, 0.3) is 0 Å². The van der Waals surface area contributed by atoms with Crippen molar-refractivity contribution in [3.63, 3.8) is 0 Å². The van der Waals surface area contributed by atoms with Gasteiger partial charge in [0.15, 0.2) is 0 Å². The minimum absolute atomic E-state index is 0.00727. The molecule has 25 heavy (non-hydrogen) atoms. The minimum Gasteiger partial charge on any atom is -0.466 e. The number of amides is 2. The molecule has 1 aromatic carbocycles. The van der Waals surface area contributed by atoms with E-state index in [0.717, 1.165) is 42.8 Å². The van der Waals surface area contributed by atoms with E-state index >= 15 is 0 Å². The summed E-state index contributed by atoms with van der Waals surface area (Å²) in [5, 5.41) is 6.36. The van der Waals surface area contributed by atoms with Crippen LogP contribution in [0.1, 0.15) is 67.0 Å². The molecule has 2 atom stereocenters. The molecule has 1 aromatic heterocycles. The summed E-state index contributed by atoms with van der Waals surface area (Å²) in [6, 6.07) is 10.5. The Bertz CT molecular complexity index is 806. The van der Waals surface area contributed by atoms with E-state index in [-0.39, 0.29) is 23.5 Å². The zero-order valence-electron chi connectivity index (χ0n) is 15.2. The SMILES string of the molecule is Cc1cc2c(o1)CC(C)(C)C[C@H]2NC(=O)N[C@@H]1CCc2ccccc21. The second-order valence-electron chi connectivity index (χ2n) is 8.24. The molecule has 1 heterocycles. The largest absolute Gasteiger partial charge is 0.466 e. The minimum atomic E-state index is -0.0887. The van der Waals surface area contributed by atoms with Gasteiger partial charge in [0.2, 0.25) is 0 Å². The molecule has 0 fully saturated rings. The summed E-state index contributed by atoms with van der Waals surface area (Å²) in [6.45, 7) is 6.43. The van der Waals surface area contributed by atoms with E-state index in [0.29, 0.717) is 0 Å². The number of benzene rings is 1. The summed E-state index contributed by atoms with van der Waals surface area (Å²) >= 11 is 0. The van der Waals surface area contributed by atoms with Crippen molar-refractivity contribution in [1.29, 1.82) is 0 Å². The molecule has 2 N–H and O–H groups in total. The Morgan fingerprint density at radius 2 is 1.92 bits per heavy atom. The van der Waals surface area contributed by atoms with Crippen molar-refractivity contribution in [2.75, 3.05) is 0 Å². The van der Waals surface area contributed by atoms with Crippen LogP contribution in [-0.2, 0) is 12.8 Å². The topological polar surface area (TPSA) is 54.3 Å². The number of nitrogens with one attached hydrogen (secondary N) is 2. The van der Waals surface area contributed by atoms with Crippen molar-refractivity contribution in [3.05, 3.63) is 58.5 Å². The fraction of sp³-hybridized carbons (Fsp3) is 0.476. The number of rotatable bonds is 2. The smallest absolute Gasteiger partial charge is 0.315 e. The quantitative estimate of drug-likeness (QED) is 0.841. The summed E-state index contributed by atoms with van der Waals surface area (Å²) in [4.78, 5) is 12.7. The van der Waals surface area contributed by atoms with Gasteiger partial charge in [-0.3, -0.25) is 0 Å². The Morgan fingerprint density at radius 1 is 1.16 bits per heavy atom. The van der Waals surface area contributed by atoms with Gasteiger partial charge in [0, 0.05) is 12.0 Å². The van der Waals surface area contributed by atoms with Gasteiger partial charge in [-0.15, -0.1) is 0 Å². The number of fused-ring (bicyclic) bond motifs is 2. The molecule has 4 nitrogen and oxygen atoms in total. The van der Waals surface area contributed by atoms with Crippen molar-refractivity contribution in [2.45, 2.75) is 58.5 Å². The van der Waals surface area contributed by atoms with Gasteiger partial charge >= 0.3 is 6.03 Å². The van der Waals surface area contributed by atoms with Gasteiger partial charge in [-0.2, -0.15) is 0 Å². The predicted molar refractivity (Wildman–Crippen MR) is 97.5 cm³/mol. The molecule has 0 spiro atoms. The first-order valence-electron chi connectivity index (χ1n) is 9.15. The van der Waals surface area contributed by atoms with Gasteiger partial charge < -0.3 is 15.1 Å². The average Bonchev–Trinajstić information content (AvgIpc) is 3.10. The molecular weight excluding hydrogens is 312 g/mol. The van der Waals surface area contributed by atoms with Gasteiger partial charge in [0.1, 0.15) is 11.5 Å². The molecule has 0 aliphatic heterocycles. The Morgan fingerprint density at radius 3 is 2.76 bits per heavy atom. The van der Waals surface area contributed by atoms with Crippen LogP contribution in [0.3, 0.4) is 0 Å². The van der Waals surface area contributed by atoms with E-state index in [1.807, 2.05) is 13.0 Å². The summed E-state index contributed by atoms with van der Waals surface area (Å²) in [6.07, 6.45) is 3.85. The Labute approximate surface area is 149 Å².